The van der Waals surface area contributed by atoms with Crippen LogP contribution in [-0.2, 0) is 14.3 Å². The Balaban J connectivity index is 2.01. The van der Waals surface area contributed by atoms with Gasteiger partial charge in [0.1, 0.15) is 0 Å². The van der Waals surface area contributed by atoms with E-state index in [2.05, 4.69) is 10.2 Å². The van der Waals surface area contributed by atoms with Crippen LogP contribution in [0.3, 0.4) is 0 Å². The van der Waals surface area contributed by atoms with Gasteiger partial charge >= 0.3 is 5.97 Å². The summed E-state index contributed by atoms with van der Waals surface area (Å²) in [5, 5.41) is 3.11. The Labute approximate surface area is 127 Å². The molecule has 0 aromatic rings. The summed E-state index contributed by atoms with van der Waals surface area (Å²) < 4.78 is 4.91. The van der Waals surface area contributed by atoms with Crippen molar-refractivity contribution in [2.24, 2.45) is 11.3 Å². The predicted molar refractivity (Wildman–Crippen MR) is 80.7 cm³/mol. The predicted octanol–water partition coefficient (Wildman–Crippen LogP) is 1.56. The minimum absolute atomic E-state index is 0.0372. The second kappa shape index (κ2) is 6.34. The first-order chi connectivity index (χ1) is 9.81. The van der Waals surface area contributed by atoms with Crippen molar-refractivity contribution < 1.29 is 14.3 Å². The molecule has 1 amide bonds. The molecule has 1 aliphatic heterocycles. The third-order valence-corrected chi connectivity index (χ3v) is 4.62. The van der Waals surface area contributed by atoms with Gasteiger partial charge in [-0.3, -0.25) is 14.5 Å². The maximum absolute atomic E-state index is 12.2. The van der Waals surface area contributed by atoms with Crippen molar-refractivity contribution >= 4 is 11.9 Å². The van der Waals surface area contributed by atoms with Crippen LogP contribution in [-0.4, -0.2) is 49.1 Å². The minimum Gasteiger partial charge on any atom is -0.469 e. The highest BCUT2D eigenvalue weighted by atomic mass is 16.5. The van der Waals surface area contributed by atoms with Gasteiger partial charge < -0.3 is 10.1 Å². The summed E-state index contributed by atoms with van der Waals surface area (Å²) in [6.07, 6.45) is 4.35. The summed E-state index contributed by atoms with van der Waals surface area (Å²) in [6, 6.07) is 0.613. The fraction of sp³-hybridized carbons (Fsp3) is 0.875. The molecule has 2 rings (SSSR count). The molecule has 0 aromatic carbocycles. The summed E-state index contributed by atoms with van der Waals surface area (Å²) in [7, 11) is 1.44. The van der Waals surface area contributed by atoms with Crippen molar-refractivity contribution in [1.82, 2.24) is 10.2 Å². The van der Waals surface area contributed by atoms with Crippen LogP contribution in [0.2, 0.25) is 0 Å². The zero-order valence-corrected chi connectivity index (χ0v) is 13.6. The van der Waals surface area contributed by atoms with E-state index in [9.17, 15) is 9.59 Å². The molecule has 5 heteroatoms. The molecular formula is C16H28N2O3. The molecule has 1 saturated carbocycles. The van der Waals surface area contributed by atoms with E-state index < -0.39 is 5.41 Å². The summed E-state index contributed by atoms with van der Waals surface area (Å²) in [5.41, 5.74) is -0.403. The van der Waals surface area contributed by atoms with E-state index >= 15 is 0 Å². The first kappa shape index (κ1) is 16.3. The van der Waals surface area contributed by atoms with Crippen LogP contribution in [0.4, 0.5) is 0 Å². The first-order valence-corrected chi connectivity index (χ1v) is 7.94. The van der Waals surface area contributed by atoms with Gasteiger partial charge in [-0.05, 0) is 19.3 Å². The van der Waals surface area contributed by atoms with Crippen LogP contribution in [0.1, 0.15) is 46.5 Å². The summed E-state index contributed by atoms with van der Waals surface area (Å²) in [6.45, 7) is 7.34. The number of rotatable bonds is 3. The molecule has 0 radical (unpaired) electrons. The van der Waals surface area contributed by atoms with Crippen LogP contribution >= 0.6 is 0 Å². The van der Waals surface area contributed by atoms with Gasteiger partial charge in [0.15, 0.2) is 0 Å². The van der Waals surface area contributed by atoms with Crippen molar-refractivity contribution in [3.8, 4) is 0 Å². The standard InChI is InChI=1S/C16H28N2O3/c1-16(2,3)15(20)17-12-8-11(14(19)21-4)9-18(10-12)13-6-5-7-13/h11-13H,5-10H2,1-4H3,(H,17,20). The Bertz CT molecular complexity index is 399. The van der Waals surface area contributed by atoms with Gasteiger partial charge in [0.05, 0.1) is 13.0 Å². The molecule has 2 unspecified atom stereocenters. The number of amides is 1. The largest absolute Gasteiger partial charge is 0.469 e. The Hall–Kier alpha value is -1.10. The van der Waals surface area contributed by atoms with Gasteiger partial charge in [0.25, 0.3) is 0 Å². The molecule has 2 aliphatic rings. The van der Waals surface area contributed by atoms with Gasteiger partial charge in [0.2, 0.25) is 5.91 Å². The molecule has 2 atom stereocenters. The molecule has 0 aromatic heterocycles. The van der Waals surface area contributed by atoms with E-state index in [1.807, 2.05) is 20.8 Å². The third kappa shape index (κ3) is 3.96. The van der Waals surface area contributed by atoms with Crippen molar-refractivity contribution in [2.45, 2.75) is 58.5 Å². The maximum atomic E-state index is 12.2. The average molecular weight is 296 g/mol. The first-order valence-electron chi connectivity index (χ1n) is 7.94. The van der Waals surface area contributed by atoms with Gasteiger partial charge in [-0.25, -0.2) is 0 Å². The molecule has 1 N–H and O–H groups in total. The van der Waals surface area contributed by atoms with E-state index in [0.717, 1.165) is 13.1 Å². The number of piperidine rings is 1. The number of nitrogens with one attached hydrogen (secondary N) is 1. The van der Waals surface area contributed by atoms with E-state index in [4.69, 9.17) is 4.74 Å². The second-order valence-electron chi connectivity index (χ2n) is 7.41. The lowest BCUT2D eigenvalue weighted by molar-refractivity contribution is -0.149. The molecule has 21 heavy (non-hydrogen) atoms. The third-order valence-electron chi connectivity index (χ3n) is 4.62. The van der Waals surface area contributed by atoms with Gasteiger partial charge in [0, 0.05) is 30.6 Å². The van der Waals surface area contributed by atoms with Crippen LogP contribution in [0.25, 0.3) is 0 Å². The number of ether oxygens (including phenoxy) is 1. The molecular weight excluding hydrogens is 268 g/mol. The topological polar surface area (TPSA) is 58.6 Å². The van der Waals surface area contributed by atoms with E-state index in [1.165, 1.54) is 26.4 Å². The fourth-order valence-corrected chi connectivity index (χ4v) is 3.03. The summed E-state index contributed by atoms with van der Waals surface area (Å²) in [5.74, 6) is -0.241. The number of esters is 1. The number of carbonyl (C=O) groups excluding carboxylic acids is 2. The number of carbonyl (C=O) groups is 2. The number of hydrogen-bond donors (Lipinski definition) is 1. The molecule has 1 heterocycles. The van der Waals surface area contributed by atoms with Crippen molar-refractivity contribution in [3.05, 3.63) is 0 Å². The van der Waals surface area contributed by atoms with Crippen LogP contribution in [0.5, 0.6) is 0 Å². The number of nitrogens with zero attached hydrogens (tertiary/aromatic N) is 1. The lowest BCUT2D eigenvalue weighted by atomic mass is 9.86. The molecule has 0 bridgehead atoms. The van der Waals surface area contributed by atoms with E-state index in [0.29, 0.717) is 12.5 Å². The quantitative estimate of drug-likeness (QED) is 0.803. The van der Waals surface area contributed by atoms with Crippen molar-refractivity contribution in [3.63, 3.8) is 0 Å². The SMILES string of the molecule is COC(=O)C1CC(NC(=O)C(C)(C)C)CN(C2CCC2)C1. The number of likely N-dealkylation sites (tertiary alicyclic amines) is 1. The van der Waals surface area contributed by atoms with Crippen molar-refractivity contribution in [2.75, 3.05) is 20.2 Å². The minimum atomic E-state index is -0.403. The second-order valence-corrected chi connectivity index (χ2v) is 7.41. The fourth-order valence-electron chi connectivity index (χ4n) is 3.03. The summed E-state index contributed by atoms with van der Waals surface area (Å²) >= 11 is 0. The zero-order chi connectivity index (χ0) is 15.6. The van der Waals surface area contributed by atoms with Crippen LogP contribution < -0.4 is 5.32 Å². The lowest BCUT2D eigenvalue weighted by Gasteiger charge is -2.45. The number of methoxy groups -OCH3 is 1. The Kier molecular flexibility index (Phi) is 4.91. The molecule has 120 valence electrons. The highest BCUT2D eigenvalue weighted by Gasteiger charge is 2.38. The Morgan fingerprint density at radius 3 is 2.33 bits per heavy atom. The Morgan fingerprint density at radius 1 is 1.19 bits per heavy atom. The molecule has 1 aliphatic carbocycles. The van der Waals surface area contributed by atoms with Gasteiger partial charge in [-0.15, -0.1) is 0 Å². The van der Waals surface area contributed by atoms with E-state index in [1.54, 1.807) is 0 Å². The lowest BCUT2D eigenvalue weighted by Crippen LogP contribution is -2.57. The van der Waals surface area contributed by atoms with Crippen LogP contribution in [0, 0.1) is 11.3 Å². The Morgan fingerprint density at radius 2 is 1.86 bits per heavy atom. The van der Waals surface area contributed by atoms with E-state index in [-0.39, 0.29) is 23.8 Å². The smallest absolute Gasteiger partial charge is 0.310 e. The average Bonchev–Trinajstić information content (AvgIpc) is 2.34. The molecule has 5 nitrogen and oxygen atoms in total. The monoisotopic (exact) mass is 296 g/mol. The van der Waals surface area contributed by atoms with Gasteiger partial charge in [-0.2, -0.15) is 0 Å². The highest BCUT2D eigenvalue weighted by Crippen LogP contribution is 2.30. The zero-order valence-electron chi connectivity index (χ0n) is 13.6. The number of hydrogen-bond acceptors (Lipinski definition) is 4. The van der Waals surface area contributed by atoms with Gasteiger partial charge in [-0.1, -0.05) is 27.2 Å². The van der Waals surface area contributed by atoms with Crippen molar-refractivity contribution in [1.29, 1.82) is 0 Å². The summed E-state index contributed by atoms with van der Waals surface area (Å²) in [4.78, 5) is 26.5. The maximum Gasteiger partial charge on any atom is 0.310 e. The molecule has 2 fully saturated rings. The highest BCUT2D eigenvalue weighted by molar-refractivity contribution is 5.81. The van der Waals surface area contributed by atoms with Crippen LogP contribution in [0.15, 0.2) is 0 Å². The normalized spacial score (nSPS) is 27.8. The molecule has 1 saturated heterocycles. The molecule has 0 spiro atoms.